The Morgan fingerprint density at radius 3 is 2.86 bits per heavy atom. The fraction of sp³-hybridized carbons (Fsp3) is 0.545. The number of hydrogen-bond donors (Lipinski definition) is 1. The quantitative estimate of drug-likeness (QED) is 0.599. The van der Waals surface area contributed by atoms with E-state index in [1.165, 1.54) is 17.7 Å². The van der Waals surface area contributed by atoms with Gasteiger partial charge in [0, 0.05) is 17.8 Å². The Balaban J connectivity index is 2.03. The average Bonchev–Trinajstić information content (AvgIpc) is 2.90. The zero-order chi connectivity index (χ0) is 10.1. The van der Waals surface area contributed by atoms with Crippen molar-refractivity contribution in [2.24, 2.45) is 5.92 Å². The van der Waals surface area contributed by atoms with Gasteiger partial charge < -0.3 is 4.90 Å². The minimum Gasteiger partial charge on any atom is -0.356 e. The van der Waals surface area contributed by atoms with Crippen LogP contribution < -0.4 is 0 Å². The van der Waals surface area contributed by atoms with Gasteiger partial charge in [-0.05, 0) is 31.2 Å². The normalized spacial score (nSPS) is 17.9. The molecule has 1 N–H and O–H groups in total. The molecule has 1 saturated carbocycles. The largest absolute Gasteiger partial charge is 0.356 e. The Bertz CT molecular complexity index is 314. The zero-order valence-electron chi connectivity index (χ0n) is 8.66. The molecule has 0 aliphatic heterocycles. The van der Waals surface area contributed by atoms with E-state index in [0.717, 1.165) is 5.84 Å². The summed E-state index contributed by atoms with van der Waals surface area (Å²) in [6, 6.07) is 4.57. The van der Waals surface area contributed by atoms with Gasteiger partial charge >= 0.3 is 0 Å². The van der Waals surface area contributed by atoms with Gasteiger partial charge in [0.25, 0.3) is 0 Å². The van der Waals surface area contributed by atoms with E-state index in [1.54, 1.807) is 11.3 Å². The number of nitrogens with zero attached hydrogens (tertiary/aromatic N) is 1. The van der Waals surface area contributed by atoms with E-state index in [9.17, 15) is 0 Å². The molecule has 0 aromatic carbocycles. The minimum absolute atomic E-state index is 0.350. The van der Waals surface area contributed by atoms with Gasteiger partial charge in [0.1, 0.15) is 0 Å². The lowest BCUT2D eigenvalue weighted by atomic mass is 10.2. The Morgan fingerprint density at radius 1 is 1.64 bits per heavy atom. The monoisotopic (exact) mass is 208 g/mol. The van der Waals surface area contributed by atoms with Crippen molar-refractivity contribution < 1.29 is 0 Å². The van der Waals surface area contributed by atoms with Gasteiger partial charge in [-0.3, -0.25) is 5.41 Å². The van der Waals surface area contributed by atoms with Crippen LogP contribution in [0.4, 0.5) is 0 Å². The Morgan fingerprint density at radius 2 is 2.36 bits per heavy atom. The number of hydrogen-bond acceptors (Lipinski definition) is 2. The second-order valence-corrected chi connectivity index (χ2v) is 4.94. The van der Waals surface area contributed by atoms with Crippen molar-refractivity contribution in [3.05, 3.63) is 22.4 Å². The van der Waals surface area contributed by atoms with Crippen LogP contribution in [0.3, 0.4) is 0 Å². The number of rotatable bonds is 3. The van der Waals surface area contributed by atoms with Gasteiger partial charge in [-0.15, -0.1) is 11.3 Å². The van der Waals surface area contributed by atoms with Crippen LogP contribution in [0.15, 0.2) is 17.5 Å². The summed E-state index contributed by atoms with van der Waals surface area (Å²) in [4.78, 5) is 3.45. The molecule has 2 nitrogen and oxygen atoms in total. The van der Waals surface area contributed by atoms with Crippen LogP contribution in [0.5, 0.6) is 0 Å². The predicted octanol–water partition coefficient (Wildman–Crippen LogP) is 3.13. The first-order chi connectivity index (χ1) is 6.70. The third-order valence-corrected chi connectivity index (χ3v) is 3.92. The molecule has 1 heterocycles. The van der Waals surface area contributed by atoms with Crippen molar-refractivity contribution in [2.45, 2.75) is 25.8 Å². The summed E-state index contributed by atoms with van der Waals surface area (Å²) < 4.78 is 0. The van der Waals surface area contributed by atoms with Crippen LogP contribution in [0.25, 0.3) is 0 Å². The topological polar surface area (TPSA) is 27.1 Å². The average molecular weight is 208 g/mol. The molecule has 1 aliphatic carbocycles. The molecule has 3 heteroatoms. The molecule has 0 spiro atoms. The molecule has 0 saturated heterocycles. The van der Waals surface area contributed by atoms with Crippen LogP contribution in [0.2, 0.25) is 0 Å². The first-order valence-corrected chi connectivity index (χ1v) is 5.93. The van der Waals surface area contributed by atoms with Gasteiger partial charge in [-0.1, -0.05) is 6.07 Å². The Labute approximate surface area is 89.1 Å². The summed E-state index contributed by atoms with van der Waals surface area (Å²) in [6.07, 6.45) is 2.42. The number of thiophene rings is 1. The van der Waals surface area contributed by atoms with Gasteiger partial charge in [-0.2, -0.15) is 0 Å². The molecule has 1 aliphatic rings. The molecule has 14 heavy (non-hydrogen) atoms. The molecule has 2 rings (SSSR count). The van der Waals surface area contributed by atoms with Crippen LogP contribution in [-0.2, 0) is 0 Å². The fourth-order valence-electron chi connectivity index (χ4n) is 1.57. The van der Waals surface area contributed by atoms with E-state index in [4.69, 9.17) is 5.41 Å². The molecule has 1 aromatic heterocycles. The summed E-state index contributed by atoms with van der Waals surface area (Å²) in [7, 11) is 2.03. The van der Waals surface area contributed by atoms with Crippen molar-refractivity contribution in [1.29, 1.82) is 5.41 Å². The summed E-state index contributed by atoms with van der Waals surface area (Å²) in [5.41, 5.74) is 0. The maximum absolute atomic E-state index is 7.98. The second kappa shape index (κ2) is 3.73. The van der Waals surface area contributed by atoms with Crippen molar-refractivity contribution in [1.82, 2.24) is 4.90 Å². The zero-order valence-corrected chi connectivity index (χ0v) is 9.47. The third-order valence-electron chi connectivity index (χ3n) is 2.88. The van der Waals surface area contributed by atoms with Crippen LogP contribution in [0, 0.1) is 11.3 Å². The molecular weight excluding hydrogens is 192 g/mol. The lowest BCUT2D eigenvalue weighted by Gasteiger charge is -2.26. The second-order valence-electron chi connectivity index (χ2n) is 3.96. The lowest BCUT2D eigenvalue weighted by molar-refractivity contribution is 0.394. The SMILES string of the molecule is CC(c1cccs1)N(C)C(=N)C1CC1. The van der Waals surface area contributed by atoms with Gasteiger partial charge in [0.2, 0.25) is 0 Å². The molecular formula is C11H16N2S. The van der Waals surface area contributed by atoms with Crippen molar-refractivity contribution in [2.75, 3.05) is 7.05 Å². The highest BCUT2D eigenvalue weighted by atomic mass is 32.1. The molecule has 0 radical (unpaired) electrons. The summed E-state index contributed by atoms with van der Waals surface area (Å²) in [5.74, 6) is 1.35. The predicted molar refractivity (Wildman–Crippen MR) is 60.9 cm³/mol. The van der Waals surface area contributed by atoms with Gasteiger partial charge in [0.15, 0.2) is 0 Å². The van der Waals surface area contributed by atoms with Crippen molar-refractivity contribution >= 4 is 17.2 Å². The standard InChI is InChI=1S/C11H16N2S/c1-8(10-4-3-7-14-10)13(2)11(12)9-5-6-9/h3-4,7-9,12H,5-6H2,1-2H3. The highest BCUT2D eigenvalue weighted by Gasteiger charge is 2.30. The highest BCUT2D eigenvalue weighted by molar-refractivity contribution is 7.10. The summed E-state index contributed by atoms with van der Waals surface area (Å²) >= 11 is 1.77. The minimum atomic E-state index is 0.350. The summed E-state index contributed by atoms with van der Waals surface area (Å²) in [5, 5.41) is 10.1. The number of nitrogens with one attached hydrogen (secondary N) is 1. The third kappa shape index (κ3) is 1.82. The molecule has 1 aromatic rings. The first-order valence-electron chi connectivity index (χ1n) is 5.05. The lowest BCUT2D eigenvalue weighted by Crippen LogP contribution is -2.29. The van der Waals surface area contributed by atoms with Crippen molar-refractivity contribution in [3.8, 4) is 0 Å². The number of amidine groups is 1. The highest BCUT2D eigenvalue weighted by Crippen LogP contribution is 2.34. The molecule has 1 fully saturated rings. The van der Waals surface area contributed by atoms with E-state index in [1.807, 2.05) is 7.05 Å². The molecule has 0 amide bonds. The van der Waals surface area contributed by atoms with Gasteiger partial charge in [0.05, 0.1) is 11.9 Å². The van der Waals surface area contributed by atoms with Crippen LogP contribution in [-0.4, -0.2) is 17.8 Å². The van der Waals surface area contributed by atoms with Crippen LogP contribution in [0.1, 0.15) is 30.7 Å². The van der Waals surface area contributed by atoms with E-state index < -0.39 is 0 Å². The molecule has 1 unspecified atom stereocenters. The fourth-order valence-corrected chi connectivity index (χ4v) is 2.40. The maximum Gasteiger partial charge on any atom is 0.0992 e. The van der Waals surface area contributed by atoms with Crippen LogP contribution >= 0.6 is 11.3 Å². The Hall–Kier alpha value is -0.830. The van der Waals surface area contributed by atoms with E-state index in [-0.39, 0.29) is 0 Å². The first kappa shape index (κ1) is 9.71. The molecule has 76 valence electrons. The van der Waals surface area contributed by atoms with E-state index >= 15 is 0 Å². The summed E-state index contributed by atoms with van der Waals surface area (Å²) in [6.45, 7) is 2.17. The molecule has 0 bridgehead atoms. The molecule has 1 atom stereocenters. The Kier molecular flexibility index (Phi) is 2.59. The maximum atomic E-state index is 7.98. The van der Waals surface area contributed by atoms with E-state index in [0.29, 0.717) is 12.0 Å². The van der Waals surface area contributed by atoms with E-state index in [2.05, 4.69) is 29.3 Å². The van der Waals surface area contributed by atoms with Gasteiger partial charge in [-0.25, -0.2) is 0 Å². The van der Waals surface area contributed by atoms with Crippen molar-refractivity contribution in [3.63, 3.8) is 0 Å². The smallest absolute Gasteiger partial charge is 0.0992 e.